The summed E-state index contributed by atoms with van der Waals surface area (Å²) < 4.78 is 1.43. The molecule has 0 spiro atoms. The van der Waals surface area contributed by atoms with Crippen LogP contribution in [0.2, 0.25) is 0 Å². The van der Waals surface area contributed by atoms with Crippen molar-refractivity contribution in [2.45, 2.75) is 6.92 Å². The Morgan fingerprint density at radius 1 is 1.08 bits per heavy atom. The minimum atomic E-state index is -0.192. The predicted octanol–water partition coefficient (Wildman–Crippen LogP) is 3.54. The molecule has 0 aliphatic rings. The number of nitrogens with one attached hydrogen (secondary N) is 1. The van der Waals surface area contributed by atoms with E-state index < -0.39 is 0 Å². The van der Waals surface area contributed by atoms with Gasteiger partial charge >= 0.3 is 0 Å². The Balaban J connectivity index is 1.89. The van der Waals surface area contributed by atoms with Crippen LogP contribution in [-0.4, -0.2) is 14.6 Å². The SMILES string of the molecule is Cc1ccccc1-c1cc2nc(-c3cccc(C#N)c3)cc(=O)n2[nH]1. The number of aromatic amines is 1. The molecule has 0 fully saturated rings. The van der Waals surface area contributed by atoms with Crippen LogP contribution in [0.15, 0.2) is 65.5 Å². The Bertz CT molecular complexity index is 1190. The van der Waals surface area contributed by atoms with Gasteiger partial charge in [-0.15, -0.1) is 0 Å². The maximum Gasteiger partial charge on any atom is 0.273 e. The van der Waals surface area contributed by atoms with Gasteiger partial charge in [-0.2, -0.15) is 5.26 Å². The molecule has 2 aromatic carbocycles. The van der Waals surface area contributed by atoms with Crippen molar-refractivity contribution < 1.29 is 0 Å². The first-order valence-corrected chi connectivity index (χ1v) is 7.85. The molecule has 0 amide bonds. The fourth-order valence-corrected chi connectivity index (χ4v) is 2.90. The second kappa shape index (κ2) is 5.77. The monoisotopic (exact) mass is 326 g/mol. The van der Waals surface area contributed by atoms with Crippen molar-refractivity contribution in [3.05, 3.63) is 82.1 Å². The molecule has 0 radical (unpaired) electrons. The van der Waals surface area contributed by atoms with Crippen LogP contribution in [-0.2, 0) is 0 Å². The van der Waals surface area contributed by atoms with E-state index in [0.717, 1.165) is 22.4 Å². The highest BCUT2D eigenvalue weighted by Gasteiger charge is 2.10. The number of rotatable bonds is 2. The molecule has 0 aliphatic heterocycles. The summed E-state index contributed by atoms with van der Waals surface area (Å²) in [5.74, 6) is 0. The van der Waals surface area contributed by atoms with Crippen LogP contribution in [0.25, 0.3) is 28.2 Å². The number of nitrogens with zero attached hydrogens (tertiary/aromatic N) is 3. The lowest BCUT2D eigenvalue weighted by molar-refractivity contribution is 0.904. The summed E-state index contributed by atoms with van der Waals surface area (Å²) in [6.45, 7) is 2.02. The molecule has 25 heavy (non-hydrogen) atoms. The molecular weight excluding hydrogens is 312 g/mol. The number of nitriles is 1. The minimum Gasteiger partial charge on any atom is -0.289 e. The molecule has 1 N–H and O–H groups in total. The van der Waals surface area contributed by atoms with E-state index in [9.17, 15) is 4.79 Å². The molecule has 2 heterocycles. The van der Waals surface area contributed by atoms with Gasteiger partial charge in [0.05, 0.1) is 23.0 Å². The highest BCUT2D eigenvalue weighted by atomic mass is 16.1. The molecule has 0 atom stereocenters. The van der Waals surface area contributed by atoms with Gasteiger partial charge in [-0.05, 0) is 24.6 Å². The van der Waals surface area contributed by atoms with Gasteiger partial charge < -0.3 is 0 Å². The Kier molecular flexibility index (Phi) is 3.44. The van der Waals surface area contributed by atoms with Crippen LogP contribution >= 0.6 is 0 Å². The van der Waals surface area contributed by atoms with E-state index in [2.05, 4.69) is 16.2 Å². The third kappa shape index (κ3) is 2.60. The van der Waals surface area contributed by atoms with Crippen molar-refractivity contribution in [3.8, 4) is 28.6 Å². The molecule has 0 saturated heterocycles. The second-order valence-electron chi connectivity index (χ2n) is 5.85. The standard InChI is InChI=1S/C20H14N4O/c1-13-5-2-3-8-16(13)18-10-19-22-17(11-20(25)24(19)23-18)15-7-4-6-14(9-15)12-21/h2-11,23H,1H3. The zero-order valence-corrected chi connectivity index (χ0v) is 13.5. The van der Waals surface area contributed by atoms with Gasteiger partial charge in [0.2, 0.25) is 0 Å². The summed E-state index contributed by atoms with van der Waals surface area (Å²) in [5, 5.41) is 12.2. The van der Waals surface area contributed by atoms with Gasteiger partial charge in [0.15, 0.2) is 5.65 Å². The largest absolute Gasteiger partial charge is 0.289 e. The maximum atomic E-state index is 12.5. The normalized spacial score (nSPS) is 10.7. The van der Waals surface area contributed by atoms with Gasteiger partial charge in [-0.3, -0.25) is 9.89 Å². The lowest BCUT2D eigenvalue weighted by Gasteiger charge is -2.02. The summed E-state index contributed by atoms with van der Waals surface area (Å²) in [6, 6.07) is 20.5. The number of hydrogen-bond donors (Lipinski definition) is 1. The highest BCUT2D eigenvalue weighted by Crippen LogP contribution is 2.23. The van der Waals surface area contributed by atoms with Crippen molar-refractivity contribution in [1.82, 2.24) is 14.6 Å². The van der Waals surface area contributed by atoms with Gasteiger partial charge in [0.25, 0.3) is 5.56 Å². The van der Waals surface area contributed by atoms with Crippen LogP contribution in [0.1, 0.15) is 11.1 Å². The van der Waals surface area contributed by atoms with E-state index in [4.69, 9.17) is 5.26 Å². The third-order valence-electron chi connectivity index (χ3n) is 4.17. The molecule has 4 aromatic rings. The summed E-state index contributed by atoms with van der Waals surface area (Å²) in [5.41, 5.74) is 5.17. The van der Waals surface area contributed by atoms with E-state index >= 15 is 0 Å². The number of benzene rings is 2. The fraction of sp³-hybridized carbons (Fsp3) is 0.0500. The average Bonchev–Trinajstić information content (AvgIpc) is 3.06. The third-order valence-corrected chi connectivity index (χ3v) is 4.17. The molecule has 5 nitrogen and oxygen atoms in total. The Labute approximate surface area is 143 Å². The topological polar surface area (TPSA) is 73.9 Å². The number of hydrogen-bond acceptors (Lipinski definition) is 3. The second-order valence-corrected chi connectivity index (χ2v) is 5.85. The first-order valence-electron chi connectivity index (χ1n) is 7.85. The lowest BCUT2D eigenvalue weighted by Crippen LogP contribution is -2.14. The van der Waals surface area contributed by atoms with Crippen LogP contribution in [0, 0.1) is 18.3 Å². The number of H-pyrrole nitrogens is 1. The zero-order valence-electron chi connectivity index (χ0n) is 13.5. The van der Waals surface area contributed by atoms with E-state index in [1.54, 1.807) is 18.2 Å². The minimum absolute atomic E-state index is 0.192. The molecule has 0 unspecified atom stereocenters. The van der Waals surface area contributed by atoms with Crippen LogP contribution in [0.5, 0.6) is 0 Å². The molecule has 5 heteroatoms. The molecule has 0 bridgehead atoms. The maximum absolute atomic E-state index is 12.5. The highest BCUT2D eigenvalue weighted by molar-refractivity contribution is 5.69. The van der Waals surface area contributed by atoms with Crippen LogP contribution in [0.4, 0.5) is 0 Å². The van der Waals surface area contributed by atoms with Crippen molar-refractivity contribution in [3.63, 3.8) is 0 Å². The smallest absolute Gasteiger partial charge is 0.273 e. The Morgan fingerprint density at radius 2 is 1.92 bits per heavy atom. The van der Waals surface area contributed by atoms with Gasteiger partial charge in [-0.25, -0.2) is 9.50 Å². The fourth-order valence-electron chi connectivity index (χ4n) is 2.90. The molecule has 0 aliphatic carbocycles. The van der Waals surface area contributed by atoms with E-state index in [1.807, 2.05) is 43.3 Å². The summed E-state index contributed by atoms with van der Waals surface area (Å²) in [4.78, 5) is 17.1. The van der Waals surface area contributed by atoms with Gasteiger partial charge in [0.1, 0.15) is 0 Å². The number of fused-ring (bicyclic) bond motifs is 1. The summed E-state index contributed by atoms with van der Waals surface area (Å²) in [6.07, 6.45) is 0. The van der Waals surface area contributed by atoms with E-state index in [-0.39, 0.29) is 5.56 Å². The summed E-state index contributed by atoms with van der Waals surface area (Å²) >= 11 is 0. The molecule has 2 aromatic heterocycles. The molecule has 4 rings (SSSR count). The number of aromatic nitrogens is 3. The van der Waals surface area contributed by atoms with E-state index in [0.29, 0.717) is 16.9 Å². The number of aryl methyl sites for hydroxylation is 1. The van der Waals surface area contributed by atoms with Crippen molar-refractivity contribution >= 4 is 5.65 Å². The van der Waals surface area contributed by atoms with Crippen molar-refractivity contribution in [2.24, 2.45) is 0 Å². The van der Waals surface area contributed by atoms with E-state index in [1.165, 1.54) is 10.6 Å². The first-order chi connectivity index (χ1) is 12.2. The first kappa shape index (κ1) is 14.9. The quantitative estimate of drug-likeness (QED) is 0.612. The predicted molar refractivity (Wildman–Crippen MR) is 96.1 cm³/mol. The average molecular weight is 326 g/mol. The summed E-state index contributed by atoms with van der Waals surface area (Å²) in [7, 11) is 0. The molecular formula is C20H14N4O. The van der Waals surface area contributed by atoms with Crippen molar-refractivity contribution in [2.75, 3.05) is 0 Å². The van der Waals surface area contributed by atoms with Crippen LogP contribution < -0.4 is 5.56 Å². The van der Waals surface area contributed by atoms with Gasteiger partial charge in [0, 0.05) is 23.3 Å². The molecule has 0 saturated carbocycles. The van der Waals surface area contributed by atoms with Crippen LogP contribution in [0.3, 0.4) is 0 Å². The zero-order chi connectivity index (χ0) is 17.4. The lowest BCUT2D eigenvalue weighted by atomic mass is 10.1. The Hall–Kier alpha value is -3.65. The Morgan fingerprint density at radius 3 is 2.72 bits per heavy atom. The van der Waals surface area contributed by atoms with Gasteiger partial charge in [-0.1, -0.05) is 36.4 Å². The molecule has 120 valence electrons. The van der Waals surface area contributed by atoms with Crippen molar-refractivity contribution in [1.29, 1.82) is 5.26 Å².